The summed E-state index contributed by atoms with van der Waals surface area (Å²) in [4.78, 5) is 18.1. The molecule has 0 aromatic carbocycles. The molecular formula is C13H19N3O. The third-order valence-electron chi connectivity index (χ3n) is 3.35. The summed E-state index contributed by atoms with van der Waals surface area (Å²) in [6.07, 6.45) is 4.45. The average molecular weight is 233 g/mol. The Balaban J connectivity index is 2.07. The van der Waals surface area contributed by atoms with Crippen molar-refractivity contribution in [3.63, 3.8) is 0 Å². The highest BCUT2D eigenvalue weighted by Crippen LogP contribution is 2.25. The molecule has 0 bridgehead atoms. The largest absolute Gasteiger partial charge is 0.335 e. The summed E-state index contributed by atoms with van der Waals surface area (Å²) in [6, 6.07) is 4.08. The lowest BCUT2D eigenvalue weighted by atomic mass is 10.1. The van der Waals surface area contributed by atoms with E-state index in [0.29, 0.717) is 0 Å². The molecule has 2 unspecified atom stereocenters. The standard InChI is InChI=1S/C13H19N3O/c1-3-15-12-6-9-16(13(12)17)10(2)11-4-7-14-8-5-11/h4-5,7-8,10,12,15H,3,6,9H2,1-2H3. The maximum Gasteiger partial charge on any atom is 0.240 e. The van der Waals surface area contributed by atoms with Gasteiger partial charge in [-0.25, -0.2) is 0 Å². The summed E-state index contributed by atoms with van der Waals surface area (Å²) < 4.78 is 0. The van der Waals surface area contributed by atoms with Crippen LogP contribution >= 0.6 is 0 Å². The molecule has 1 fully saturated rings. The summed E-state index contributed by atoms with van der Waals surface area (Å²) in [5.41, 5.74) is 1.14. The number of nitrogens with one attached hydrogen (secondary N) is 1. The van der Waals surface area contributed by atoms with Crippen molar-refractivity contribution in [1.29, 1.82) is 0 Å². The molecule has 92 valence electrons. The normalized spacial score (nSPS) is 21.9. The van der Waals surface area contributed by atoms with Crippen molar-refractivity contribution in [3.8, 4) is 0 Å². The van der Waals surface area contributed by atoms with Crippen LogP contribution in [0.3, 0.4) is 0 Å². The second kappa shape index (κ2) is 5.27. The van der Waals surface area contributed by atoms with Crippen molar-refractivity contribution in [1.82, 2.24) is 15.2 Å². The Morgan fingerprint density at radius 1 is 1.53 bits per heavy atom. The number of hydrogen-bond donors (Lipinski definition) is 1. The minimum Gasteiger partial charge on any atom is -0.335 e. The first-order valence-corrected chi connectivity index (χ1v) is 6.17. The van der Waals surface area contributed by atoms with Gasteiger partial charge in [-0.3, -0.25) is 9.78 Å². The predicted molar refractivity (Wildman–Crippen MR) is 66.4 cm³/mol. The van der Waals surface area contributed by atoms with E-state index in [4.69, 9.17) is 0 Å². The summed E-state index contributed by atoms with van der Waals surface area (Å²) in [5, 5.41) is 3.23. The van der Waals surface area contributed by atoms with Gasteiger partial charge in [-0.2, -0.15) is 0 Å². The highest BCUT2D eigenvalue weighted by Gasteiger charge is 2.33. The van der Waals surface area contributed by atoms with Gasteiger partial charge in [-0.15, -0.1) is 0 Å². The van der Waals surface area contributed by atoms with Crippen molar-refractivity contribution in [3.05, 3.63) is 30.1 Å². The van der Waals surface area contributed by atoms with Gasteiger partial charge in [0.05, 0.1) is 12.1 Å². The molecule has 2 rings (SSSR count). The topological polar surface area (TPSA) is 45.2 Å². The Morgan fingerprint density at radius 3 is 2.88 bits per heavy atom. The SMILES string of the molecule is CCNC1CCN(C(C)c2ccncc2)C1=O. The molecule has 1 aliphatic heterocycles. The summed E-state index contributed by atoms with van der Waals surface area (Å²) in [6.45, 7) is 5.78. The van der Waals surface area contributed by atoms with Gasteiger partial charge in [-0.1, -0.05) is 6.92 Å². The lowest BCUT2D eigenvalue weighted by molar-refractivity contribution is -0.131. The van der Waals surface area contributed by atoms with Gasteiger partial charge in [0.15, 0.2) is 0 Å². The molecule has 1 saturated heterocycles. The molecule has 0 saturated carbocycles. The van der Waals surface area contributed by atoms with Crippen LogP contribution in [0.2, 0.25) is 0 Å². The number of rotatable bonds is 4. The molecule has 1 aliphatic rings. The zero-order valence-electron chi connectivity index (χ0n) is 10.4. The first-order valence-electron chi connectivity index (χ1n) is 6.17. The summed E-state index contributed by atoms with van der Waals surface area (Å²) in [5.74, 6) is 0.219. The van der Waals surface area contributed by atoms with Gasteiger partial charge in [-0.05, 0) is 37.6 Å². The first-order chi connectivity index (χ1) is 8.24. The van der Waals surface area contributed by atoms with E-state index in [1.54, 1.807) is 12.4 Å². The Morgan fingerprint density at radius 2 is 2.24 bits per heavy atom. The predicted octanol–water partition coefficient (Wildman–Crippen LogP) is 1.35. The lowest BCUT2D eigenvalue weighted by Gasteiger charge is -2.25. The molecule has 2 heterocycles. The highest BCUT2D eigenvalue weighted by molar-refractivity contribution is 5.84. The fraction of sp³-hybridized carbons (Fsp3) is 0.538. The molecule has 2 atom stereocenters. The smallest absolute Gasteiger partial charge is 0.240 e. The Labute approximate surface area is 102 Å². The van der Waals surface area contributed by atoms with E-state index < -0.39 is 0 Å². The molecule has 0 aliphatic carbocycles. The van der Waals surface area contributed by atoms with Gasteiger partial charge < -0.3 is 10.2 Å². The van der Waals surface area contributed by atoms with Gasteiger partial charge in [0, 0.05) is 18.9 Å². The van der Waals surface area contributed by atoms with Crippen LogP contribution in [0.15, 0.2) is 24.5 Å². The number of likely N-dealkylation sites (tertiary alicyclic amines) is 1. The zero-order chi connectivity index (χ0) is 12.3. The quantitative estimate of drug-likeness (QED) is 0.854. The van der Waals surface area contributed by atoms with E-state index in [2.05, 4.69) is 17.2 Å². The van der Waals surface area contributed by atoms with E-state index in [-0.39, 0.29) is 18.0 Å². The zero-order valence-corrected chi connectivity index (χ0v) is 10.4. The number of likely N-dealkylation sites (N-methyl/N-ethyl adjacent to an activating group) is 1. The van der Waals surface area contributed by atoms with E-state index in [9.17, 15) is 4.79 Å². The average Bonchev–Trinajstić information content (AvgIpc) is 2.72. The fourth-order valence-electron chi connectivity index (χ4n) is 2.34. The number of nitrogens with zero attached hydrogens (tertiary/aromatic N) is 2. The maximum absolute atomic E-state index is 12.2. The van der Waals surface area contributed by atoms with Crippen LogP contribution < -0.4 is 5.32 Å². The number of carbonyl (C=O) groups excluding carboxylic acids is 1. The Hall–Kier alpha value is -1.42. The van der Waals surface area contributed by atoms with E-state index in [0.717, 1.165) is 25.1 Å². The number of aromatic nitrogens is 1. The molecule has 1 aromatic rings. The molecule has 1 N–H and O–H groups in total. The van der Waals surface area contributed by atoms with Gasteiger partial charge >= 0.3 is 0 Å². The molecule has 0 spiro atoms. The highest BCUT2D eigenvalue weighted by atomic mass is 16.2. The van der Waals surface area contributed by atoms with Crippen LogP contribution in [-0.4, -0.2) is 34.9 Å². The number of amides is 1. The van der Waals surface area contributed by atoms with Crippen LogP contribution in [0.25, 0.3) is 0 Å². The van der Waals surface area contributed by atoms with Crippen LogP contribution in [0.4, 0.5) is 0 Å². The molecule has 1 aromatic heterocycles. The number of carbonyl (C=O) groups is 1. The van der Waals surface area contributed by atoms with Crippen LogP contribution in [-0.2, 0) is 4.79 Å². The third kappa shape index (κ3) is 2.47. The molecular weight excluding hydrogens is 214 g/mol. The maximum atomic E-state index is 12.2. The van der Waals surface area contributed by atoms with E-state index in [1.165, 1.54) is 0 Å². The number of hydrogen-bond acceptors (Lipinski definition) is 3. The summed E-state index contributed by atoms with van der Waals surface area (Å²) >= 11 is 0. The summed E-state index contributed by atoms with van der Waals surface area (Å²) in [7, 11) is 0. The molecule has 1 amide bonds. The second-order valence-corrected chi connectivity index (χ2v) is 4.39. The van der Waals surface area contributed by atoms with E-state index >= 15 is 0 Å². The van der Waals surface area contributed by atoms with Crippen molar-refractivity contribution >= 4 is 5.91 Å². The Kier molecular flexibility index (Phi) is 3.74. The Bertz CT molecular complexity index is 380. The molecule has 4 heteroatoms. The minimum absolute atomic E-state index is 0.00397. The van der Waals surface area contributed by atoms with Crippen molar-refractivity contribution < 1.29 is 4.79 Å². The van der Waals surface area contributed by atoms with Gasteiger partial charge in [0.2, 0.25) is 5.91 Å². The van der Waals surface area contributed by atoms with E-state index in [1.807, 2.05) is 24.0 Å². The van der Waals surface area contributed by atoms with Crippen molar-refractivity contribution in [2.24, 2.45) is 0 Å². The fourth-order valence-corrected chi connectivity index (χ4v) is 2.34. The van der Waals surface area contributed by atoms with Crippen LogP contribution in [0.5, 0.6) is 0 Å². The molecule has 4 nitrogen and oxygen atoms in total. The van der Waals surface area contributed by atoms with Crippen molar-refractivity contribution in [2.75, 3.05) is 13.1 Å². The first kappa shape index (κ1) is 12.0. The van der Waals surface area contributed by atoms with Gasteiger partial charge in [0.25, 0.3) is 0 Å². The monoisotopic (exact) mass is 233 g/mol. The lowest BCUT2D eigenvalue weighted by Crippen LogP contribution is -2.39. The van der Waals surface area contributed by atoms with Gasteiger partial charge in [0.1, 0.15) is 0 Å². The van der Waals surface area contributed by atoms with Crippen LogP contribution in [0, 0.1) is 0 Å². The molecule has 17 heavy (non-hydrogen) atoms. The van der Waals surface area contributed by atoms with Crippen molar-refractivity contribution in [2.45, 2.75) is 32.4 Å². The minimum atomic E-state index is 0.00397. The molecule has 0 radical (unpaired) electrons. The second-order valence-electron chi connectivity index (χ2n) is 4.39. The van der Waals surface area contributed by atoms with Crippen LogP contribution in [0.1, 0.15) is 31.9 Å². The third-order valence-corrected chi connectivity index (χ3v) is 3.35. The number of pyridine rings is 1.